The first-order chi connectivity index (χ1) is 11.5. The van der Waals surface area contributed by atoms with E-state index >= 15 is 0 Å². The Bertz CT molecular complexity index is 781. The molecule has 2 aromatic carbocycles. The Kier molecular flexibility index (Phi) is 5.31. The molecule has 0 aromatic heterocycles. The molecule has 0 spiro atoms. The lowest BCUT2D eigenvalue weighted by Crippen LogP contribution is -2.12. The fraction of sp³-hybridized carbons (Fsp3) is 0.188. The first-order valence-corrected chi connectivity index (χ1v) is 7.12. The van der Waals surface area contributed by atoms with Crippen LogP contribution in [0.3, 0.4) is 0 Å². The molecule has 0 unspecified atom stereocenters. The van der Waals surface area contributed by atoms with Crippen LogP contribution >= 0.6 is 11.6 Å². The van der Waals surface area contributed by atoms with E-state index in [0.29, 0.717) is 0 Å². The lowest BCUT2D eigenvalue weighted by atomic mass is 10.0. The number of alkyl halides is 6. The second-order valence-corrected chi connectivity index (χ2v) is 5.41. The lowest BCUT2D eigenvalue weighted by molar-refractivity contribution is -0.138. The van der Waals surface area contributed by atoms with Crippen LogP contribution in [-0.2, 0) is 12.4 Å². The van der Waals surface area contributed by atoms with Gasteiger partial charge in [0.1, 0.15) is 0 Å². The molecule has 9 heteroatoms. The molecule has 2 nitrogen and oxygen atoms in total. The molecular formula is C16H10ClF6NO. The number of benzene rings is 2. The van der Waals surface area contributed by atoms with E-state index in [0.717, 1.165) is 42.5 Å². The van der Waals surface area contributed by atoms with Crippen LogP contribution < -0.4 is 4.84 Å². The number of nitrogens with zero attached hydrogens (tertiary/aromatic N) is 1. The summed E-state index contributed by atoms with van der Waals surface area (Å²) in [4.78, 5) is 4.91. The van der Waals surface area contributed by atoms with Gasteiger partial charge in [-0.2, -0.15) is 26.3 Å². The molecule has 2 aromatic rings. The van der Waals surface area contributed by atoms with Gasteiger partial charge in [0.2, 0.25) is 0 Å². The molecule has 2 rings (SSSR count). The number of rotatable bonds is 3. The van der Waals surface area contributed by atoms with Crippen LogP contribution in [0.2, 0.25) is 5.02 Å². The highest BCUT2D eigenvalue weighted by Gasteiger charge is 2.34. The average Bonchev–Trinajstić information content (AvgIpc) is 2.51. The summed E-state index contributed by atoms with van der Waals surface area (Å²) in [5.74, 6) is -0.0528. The van der Waals surface area contributed by atoms with E-state index in [1.165, 1.54) is 6.92 Å². The third kappa shape index (κ3) is 4.88. The van der Waals surface area contributed by atoms with Crippen molar-refractivity contribution < 1.29 is 31.2 Å². The highest BCUT2D eigenvalue weighted by molar-refractivity contribution is 6.31. The molecule has 0 saturated carbocycles. The molecule has 0 fully saturated rings. The van der Waals surface area contributed by atoms with E-state index in [4.69, 9.17) is 16.4 Å². The number of hydrogen-bond acceptors (Lipinski definition) is 2. The van der Waals surface area contributed by atoms with Crippen molar-refractivity contribution in [3.8, 4) is 5.75 Å². The SMILES string of the molecule is CC(=NOc1ccc(C(F)(F)F)cc1)c1cc(Cl)ccc1C(F)(F)F. The maximum absolute atomic E-state index is 13.0. The van der Waals surface area contributed by atoms with Gasteiger partial charge in [0.25, 0.3) is 0 Å². The second-order valence-electron chi connectivity index (χ2n) is 4.98. The van der Waals surface area contributed by atoms with Gasteiger partial charge in [-0.3, -0.25) is 0 Å². The predicted octanol–water partition coefficient (Wildman–Crippen LogP) is 6.18. The smallest absolute Gasteiger partial charge is 0.357 e. The minimum atomic E-state index is -4.62. The lowest BCUT2D eigenvalue weighted by Gasteiger charge is -2.13. The number of halogens is 7. The highest BCUT2D eigenvalue weighted by atomic mass is 35.5. The first-order valence-electron chi connectivity index (χ1n) is 6.74. The molecule has 0 amide bonds. The minimum absolute atomic E-state index is 0.0528. The molecule has 0 heterocycles. The van der Waals surface area contributed by atoms with Gasteiger partial charge in [-0.1, -0.05) is 16.8 Å². The summed E-state index contributed by atoms with van der Waals surface area (Å²) in [7, 11) is 0. The van der Waals surface area contributed by atoms with Crippen molar-refractivity contribution in [1.29, 1.82) is 0 Å². The van der Waals surface area contributed by atoms with Crippen LogP contribution in [0.5, 0.6) is 5.75 Å². The molecule has 0 saturated heterocycles. The van der Waals surface area contributed by atoms with Gasteiger partial charge >= 0.3 is 12.4 Å². The van der Waals surface area contributed by atoms with Crippen LogP contribution in [0.4, 0.5) is 26.3 Å². The van der Waals surface area contributed by atoms with Gasteiger partial charge in [-0.15, -0.1) is 0 Å². The standard InChI is InChI=1S/C16H10ClF6NO/c1-9(13-8-11(17)4-7-14(13)16(21,22)23)24-25-12-5-2-10(3-6-12)15(18,19)20/h2-8H,1H3. The third-order valence-electron chi connectivity index (χ3n) is 3.15. The van der Waals surface area contributed by atoms with Gasteiger partial charge in [0, 0.05) is 10.6 Å². The molecule has 0 aliphatic heterocycles. The largest absolute Gasteiger partial charge is 0.417 e. The summed E-state index contributed by atoms with van der Waals surface area (Å²) in [6.07, 6.45) is -9.12. The van der Waals surface area contributed by atoms with Crippen molar-refractivity contribution in [1.82, 2.24) is 0 Å². The van der Waals surface area contributed by atoms with Crippen molar-refractivity contribution in [2.45, 2.75) is 19.3 Å². The quantitative estimate of drug-likeness (QED) is 0.353. The molecule has 0 atom stereocenters. The Morgan fingerprint density at radius 1 is 0.920 bits per heavy atom. The minimum Gasteiger partial charge on any atom is -0.357 e. The van der Waals surface area contributed by atoms with Crippen LogP contribution in [0.25, 0.3) is 0 Å². The van der Waals surface area contributed by atoms with Gasteiger partial charge < -0.3 is 4.84 Å². The zero-order valence-corrected chi connectivity index (χ0v) is 13.3. The van der Waals surface area contributed by atoms with E-state index in [9.17, 15) is 26.3 Å². The maximum atomic E-state index is 13.0. The molecule has 134 valence electrons. The Balaban J connectivity index is 2.27. The van der Waals surface area contributed by atoms with Crippen LogP contribution in [0.15, 0.2) is 47.6 Å². The van der Waals surface area contributed by atoms with E-state index in [-0.39, 0.29) is 22.0 Å². The van der Waals surface area contributed by atoms with Gasteiger partial charge in [-0.25, -0.2) is 0 Å². The zero-order chi connectivity index (χ0) is 18.8. The van der Waals surface area contributed by atoms with E-state index < -0.39 is 23.5 Å². The fourth-order valence-corrected chi connectivity index (χ4v) is 2.11. The van der Waals surface area contributed by atoms with E-state index in [1.807, 2.05) is 0 Å². The summed E-state index contributed by atoms with van der Waals surface area (Å²) in [5.41, 5.74) is -2.24. The molecule has 25 heavy (non-hydrogen) atoms. The molecular weight excluding hydrogens is 372 g/mol. The fourth-order valence-electron chi connectivity index (χ4n) is 1.94. The topological polar surface area (TPSA) is 21.6 Å². The number of oxime groups is 1. The third-order valence-corrected chi connectivity index (χ3v) is 3.38. The summed E-state index contributed by atoms with van der Waals surface area (Å²) < 4.78 is 76.4. The Hall–Kier alpha value is -2.22. The van der Waals surface area contributed by atoms with Crippen molar-refractivity contribution >= 4 is 17.3 Å². The molecule has 0 N–H and O–H groups in total. The van der Waals surface area contributed by atoms with E-state index in [1.54, 1.807) is 0 Å². The van der Waals surface area contributed by atoms with Gasteiger partial charge in [0.05, 0.1) is 16.8 Å². The molecule has 0 aliphatic rings. The Labute approximate surface area is 143 Å². The van der Waals surface area contributed by atoms with Crippen LogP contribution in [0, 0.1) is 0 Å². The predicted molar refractivity (Wildman–Crippen MR) is 80.7 cm³/mol. The summed E-state index contributed by atoms with van der Waals surface area (Å²) in [6.45, 7) is 1.27. The summed E-state index contributed by atoms with van der Waals surface area (Å²) in [6, 6.07) is 6.58. The Morgan fingerprint density at radius 3 is 2.04 bits per heavy atom. The molecule has 0 bridgehead atoms. The van der Waals surface area contributed by atoms with Crippen LogP contribution in [0.1, 0.15) is 23.6 Å². The normalized spacial score (nSPS) is 13.0. The number of hydrogen-bond donors (Lipinski definition) is 0. The monoisotopic (exact) mass is 381 g/mol. The summed E-state index contributed by atoms with van der Waals surface area (Å²) in [5, 5.41) is 3.62. The first kappa shape index (κ1) is 19.1. The van der Waals surface area contributed by atoms with Gasteiger partial charge in [0.15, 0.2) is 5.75 Å². The highest BCUT2D eigenvalue weighted by Crippen LogP contribution is 2.34. The van der Waals surface area contributed by atoms with Crippen LogP contribution in [-0.4, -0.2) is 5.71 Å². The zero-order valence-electron chi connectivity index (χ0n) is 12.5. The van der Waals surface area contributed by atoms with Crippen molar-refractivity contribution in [2.75, 3.05) is 0 Å². The molecule has 0 aliphatic carbocycles. The second kappa shape index (κ2) is 6.95. The average molecular weight is 382 g/mol. The Morgan fingerprint density at radius 2 is 1.52 bits per heavy atom. The van der Waals surface area contributed by atoms with Crippen molar-refractivity contribution in [3.05, 3.63) is 64.2 Å². The van der Waals surface area contributed by atoms with E-state index in [2.05, 4.69) is 5.16 Å². The maximum Gasteiger partial charge on any atom is 0.417 e. The van der Waals surface area contributed by atoms with Gasteiger partial charge in [-0.05, 0) is 49.4 Å². The van der Waals surface area contributed by atoms with Crippen molar-refractivity contribution in [2.24, 2.45) is 5.16 Å². The van der Waals surface area contributed by atoms with Crippen molar-refractivity contribution in [3.63, 3.8) is 0 Å². The molecule has 0 radical (unpaired) electrons. The summed E-state index contributed by atoms with van der Waals surface area (Å²) >= 11 is 5.72.